The first-order valence-corrected chi connectivity index (χ1v) is 6.36. The van der Waals surface area contributed by atoms with Crippen molar-refractivity contribution in [2.75, 3.05) is 12.8 Å². The van der Waals surface area contributed by atoms with Gasteiger partial charge >= 0.3 is 0 Å². The standard InChI is InChI=1S/C13H13NO3S/c1-16-18(15)13-8-6-12(7-9-13)17-11-4-2-10(14)3-5-11/h2-9H,14H2,1H3. The van der Waals surface area contributed by atoms with Gasteiger partial charge in [0.15, 0.2) is 11.1 Å². The molecule has 5 heteroatoms. The molecule has 0 aliphatic heterocycles. The van der Waals surface area contributed by atoms with Gasteiger partial charge < -0.3 is 10.5 Å². The highest BCUT2D eigenvalue weighted by atomic mass is 32.2. The van der Waals surface area contributed by atoms with Gasteiger partial charge in [0.2, 0.25) is 0 Å². The van der Waals surface area contributed by atoms with Crippen LogP contribution in [-0.2, 0) is 15.3 Å². The van der Waals surface area contributed by atoms with Crippen LogP contribution in [0.5, 0.6) is 11.5 Å². The zero-order valence-corrected chi connectivity index (χ0v) is 10.6. The van der Waals surface area contributed by atoms with Crippen LogP contribution in [0.4, 0.5) is 5.69 Å². The van der Waals surface area contributed by atoms with E-state index in [0.29, 0.717) is 22.1 Å². The van der Waals surface area contributed by atoms with Crippen molar-refractivity contribution < 1.29 is 13.1 Å². The Hall–Kier alpha value is -1.85. The van der Waals surface area contributed by atoms with Gasteiger partial charge in [-0.05, 0) is 48.5 Å². The first kappa shape index (κ1) is 12.6. The van der Waals surface area contributed by atoms with Crippen molar-refractivity contribution in [3.8, 4) is 11.5 Å². The molecular weight excluding hydrogens is 250 g/mol. The molecule has 0 spiro atoms. The van der Waals surface area contributed by atoms with Crippen LogP contribution >= 0.6 is 0 Å². The van der Waals surface area contributed by atoms with Crippen LogP contribution in [0.3, 0.4) is 0 Å². The third-order valence-electron chi connectivity index (χ3n) is 2.28. The summed E-state index contributed by atoms with van der Waals surface area (Å²) in [6.07, 6.45) is 0. The number of anilines is 1. The fourth-order valence-corrected chi connectivity index (χ4v) is 1.94. The molecule has 0 amide bonds. The van der Waals surface area contributed by atoms with E-state index in [9.17, 15) is 4.21 Å². The molecule has 94 valence electrons. The van der Waals surface area contributed by atoms with Crippen LogP contribution in [-0.4, -0.2) is 11.3 Å². The maximum absolute atomic E-state index is 11.4. The molecule has 0 saturated heterocycles. The topological polar surface area (TPSA) is 61.5 Å². The van der Waals surface area contributed by atoms with Crippen molar-refractivity contribution in [1.29, 1.82) is 0 Å². The highest BCUT2D eigenvalue weighted by Gasteiger charge is 2.03. The van der Waals surface area contributed by atoms with Gasteiger partial charge in [-0.3, -0.25) is 4.18 Å². The van der Waals surface area contributed by atoms with Crippen molar-refractivity contribution in [1.82, 2.24) is 0 Å². The highest BCUT2D eigenvalue weighted by Crippen LogP contribution is 2.23. The van der Waals surface area contributed by atoms with E-state index in [1.165, 1.54) is 7.11 Å². The minimum atomic E-state index is -1.42. The quantitative estimate of drug-likeness (QED) is 0.861. The predicted molar refractivity (Wildman–Crippen MR) is 70.8 cm³/mol. The monoisotopic (exact) mass is 263 g/mol. The fraction of sp³-hybridized carbons (Fsp3) is 0.0769. The lowest BCUT2D eigenvalue weighted by molar-refractivity contribution is 0.445. The van der Waals surface area contributed by atoms with Gasteiger partial charge in [-0.15, -0.1) is 0 Å². The number of nitrogens with two attached hydrogens (primary N) is 1. The first-order valence-electron chi connectivity index (χ1n) is 5.29. The minimum Gasteiger partial charge on any atom is -0.457 e. The van der Waals surface area contributed by atoms with Crippen LogP contribution in [0.1, 0.15) is 0 Å². The van der Waals surface area contributed by atoms with Crippen molar-refractivity contribution in [2.45, 2.75) is 4.90 Å². The zero-order valence-electron chi connectivity index (χ0n) is 9.83. The average Bonchev–Trinajstić information content (AvgIpc) is 2.41. The van der Waals surface area contributed by atoms with E-state index >= 15 is 0 Å². The van der Waals surface area contributed by atoms with E-state index in [-0.39, 0.29) is 0 Å². The van der Waals surface area contributed by atoms with Crippen molar-refractivity contribution in [2.24, 2.45) is 0 Å². The zero-order chi connectivity index (χ0) is 13.0. The van der Waals surface area contributed by atoms with Gasteiger partial charge in [-0.1, -0.05) is 0 Å². The maximum atomic E-state index is 11.4. The number of hydrogen-bond acceptors (Lipinski definition) is 4. The highest BCUT2D eigenvalue weighted by molar-refractivity contribution is 7.80. The summed E-state index contributed by atoms with van der Waals surface area (Å²) in [5.41, 5.74) is 6.27. The Morgan fingerprint density at radius 1 is 0.944 bits per heavy atom. The first-order chi connectivity index (χ1) is 8.69. The Bertz CT molecular complexity index is 537. The second-order valence-electron chi connectivity index (χ2n) is 3.54. The third kappa shape index (κ3) is 3.09. The average molecular weight is 263 g/mol. The summed E-state index contributed by atoms with van der Waals surface area (Å²) in [7, 11) is 1.40. The lowest BCUT2D eigenvalue weighted by Gasteiger charge is -2.06. The van der Waals surface area contributed by atoms with Gasteiger partial charge in [0.05, 0.1) is 12.0 Å². The Morgan fingerprint density at radius 3 is 1.94 bits per heavy atom. The van der Waals surface area contributed by atoms with Crippen LogP contribution in [0.15, 0.2) is 53.4 Å². The summed E-state index contributed by atoms with van der Waals surface area (Å²) in [6.45, 7) is 0. The largest absolute Gasteiger partial charge is 0.457 e. The number of rotatable bonds is 4. The summed E-state index contributed by atoms with van der Waals surface area (Å²) in [5, 5.41) is 0. The van der Waals surface area contributed by atoms with Crippen molar-refractivity contribution in [3.05, 3.63) is 48.5 Å². The van der Waals surface area contributed by atoms with Crippen LogP contribution in [0.2, 0.25) is 0 Å². The molecule has 0 aliphatic carbocycles. The molecule has 2 aromatic carbocycles. The number of ether oxygens (including phenoxy) is 1. The summed E-state index contributed by atoms with van der Waals surface area (Å²) in [4.78, 5) is 0.599. The summed E-state index contributed by atoms with van der Waals surface area (Å²) in [6, 6.07) is 14.0. The molecule has 2 N–H and O–H groups in total. The molecule has 1 unspecified atom stereocenters. The van der Waals surface area contributed by atoms with E-state index in [1.54, 1.807) is 48.5 Å². The number of benzene rings is 2. The molecule has 4 nitrogen and oxygen atoms in total. The van der Waals surface area contributed by atoms with Crippen LogP contribution < -0.4 is 10.5 Å². The smallest absolute Gasteiger partial charge is 0.188 e. The molecule has 0 bridgehead atoms. The van der Waals surface area contributed by atoms with E-state index in [4.69, 9.17) is 14.7 Å². The fourth-order valence-electron chi connectivity index (χ4n) is 1.39. The lowest BCUT2D eigenvalue weighted by atomic mass is 10.3. The summed E-state index contributed by atoms with van der Waals surface area (Å²) in [5.74, 6) is 1.36. The third-order valence-corrected chi connectivity index (χ3v) is 3.24. The number of hydrogen-bond donors (Lipinski definition) is 1. The van der Waals surface area contributed by atoms with Crippen LogP contribution in [0.25, 0.3) is 0 Å². The SMILES string of the molecule is COS(=O)c1ccc(Oc2ccc(N)cc2)cc1. The second-order valence-corrected chi connectivity index (χ2v) is 4.82. The Balaban J connectivity index is 2.10. The van der Waals surface area contributed by atoms with Gasteiger partial charge in [0.1, 0.15) is 11.5 Å². The Kier molecular flexibility index (Phi) is 3.96. The van der Waals surface area contributed by atoms with E-state index in [0.717, 1.165) is 0 Å². The van der Waals surface area contributed by atoms with E-state index in [2.05, 4.69) is 0 Å². The molecular formula is C13H13NO3S. The molecule has 2 rings (SSSR count). The second kappa shape index (κ2) is 5.66. The minimum absolute atomic E-state index is 0.599. The molecule has 2 aromatic rings. The molecule has 0 fully saturated rings. The van der Waals surface area contributed by atoms with Gasteiger partial charge in [-0.25, -0.2) is 4.21 Å². The molecule has 0 radical (unpaired) electrons. The summed E-state index contributed by atoms with van der Waals surface area (Å²) < 4.78 is 21.7. The Morgan fingerprint density at radius 2 is 1.44 bits per heavy atom. The summed E-state index contributed by atoms with van der Waals surface area (Å²) >= 11 is -1.42. The van der Waals surface area contributed by atoms with Gasteiger partial charge in [-0.2, -0.15) is 0 Å². The molecule has 1 atom stereocenters. The predicted octanol–water partition coefficient (Wildman–Crippen LogP) is 2.73. The van der Waals surface area contributed by atoms with Gasteiger partial charge in [0, 0.05) is 5.69 Å². The van der Waals surface area contributed by atoms with E-state index in [1.807, 2.05) is 0 Å². The van der Waals surface area contributed by atoms with Crippen molar-refractivity contribution >= 4 is 16.8 Å². The number of nitrogen functional groups attached to an aromatic ring is 1. The Labute approximate surface area is 108 Å². The van der Waals surface area contributed by atoms with E-state index < -0.39 is 11.1 Å². The van der Waals surface area contributed by atoms with Gasteiger partial charge in [0.25, 0.3) is 0 Å². The normalized spacial score (nSPS) is 12.1. The molecule has 0 aromatic heterocycles. The van der Waals surface area contributed by atoms with Crippen LogP contribution in [0, 0.1) is 0 Å². The maximum Gasteiger partial charge on any atom is 0.188 e. The molecule has 18 heavy (non-hydrogen) atoms. The van der Waals surface area contributed by atoms with Crippen molar-refractivity contribution in [3.63, 3.8) is 0 Å². The molecule has 0 aliphatic rings. The lowest BCUT2D eigenvalue weighted by Crippen LogP contribution is -1.93. The molecule has 0 saturated carbocycles. The molecule has 0 heterocycles.